The SMILES string of the molecule is CC(C)n1cc(SCc2ccccc2)cnc1=O. The molecule has 94 valence electrons. The molecule has 0 saturated heterocycles. The van der Waals surface area contributed by atoms with Gasteiger partial charge in [0.25, 0.3) is 0 Å². The number of benzene rings is 1. The molecule has 0 fully saturated rings. The number of thioether (sulfide) groups is 1. The van der Waals surface area contributed by atoms with Crippen LogP contribution in [-0.2, 0) is 5.75 Å². The van der Waals surface area contributed by atoms with Gasteiger partial charge in [-0.1, -0.05) is 30.3 Å². The van der Waals surface area contributed by atoms with Crippen LogP contribution in [0.1, 0.15) is 25.5 Å². The normalized spacial score (nSPS) is 10.8. The molecule has 3 nitrogen and oxygen atoms in total. The van der Waals surface area contributed by atoms with Crippen LogP contribution in [0.5, 0.6) is 0 Å². The lowest BCUT2D eigenvalue weighted by molar-refractivity contribution is 0.556. The third kappa shape index (κ3) is 3.23. The molecular weight excluding hydrogens is 244 g/mol. The largest absolute Gasteiger partial charge is 0.347 e. The third-order valence-corrected chi connectivity index (χ3v) is 3.62. The first-order valence-corrected chi connectivity index (χ1v) is 6.90. The molecule has 4 heteroatoms. The monoisotopic (exact) mass is 260 g/mol. The molecule has 0 saturated carbocycles. The van der Waals surface area contributed by atoms with E-state index in [1.165, 1.54) is 5.56 Å². The predicted octanol–water partition coefficient (Wildman–Crippen LogP) is 3.12. The maximum Gasteiger partial charge on any atom is 0.347 e. The van der Waals surface area contributed by atoms with Crippen LogP contribution in [0.15, 0.2) is 52.4 Å². The summed E-state index contributed by atoms with van der Waals surface area (Å²) in [5, 5.41) is 0. The van der Waals surface area contributed by atoms with Gasteiger partial charge in [0, 0.05) is 29.1 Å². The highest BCUT2D eigenvalue weighted by atomic mass is 32.2. The van der Waals surface area contributed by atoms with E-state index in [0.717, 1.165) is 10.6 Å². The summed E-state index contributed by atoms with van der Waals surface area (Å²) in [6, 6.07) is 10.4. The van der Waals surface area contributed by atoms with Crippen molar-refractivity contribution in [3.8, 4) is 0 Å². The van der Waals surface area contributed by atoms with E-state index in [1.54, 1.807) is 22.5 Å². The average molecular weight is 260 g/mol. The standard InChI is InChI=1S/C14H16N2OS/c1-11(2)16-9-13(8-15-14(16)17)18-10-12-6-4-3-5-7-12/h3-9,11H,10H2,1-2H3. The minimum Gasteiger partial charge on any atom is -0.296 e. The first kappa shape index (κ1) is 12.9. The molecule has 2 rings (SSSR count). The molecule has 0 amide bonds. The molecule has 0 unspecified atom stereocenters. The average Bonchev–Trinajstić information content (AvgIpc) is 2.38. The van der Waals surface area contributed by atoms with Crippen molar-refractivity contribution in [3.63, 3.8) is 0 Å². The Morgan fingerprint density at radius 2 is 2.00 bits per heavy atom. The van der Waals surface area contributed by atoms with Crippen molar-refractivity contribution >= 4 is 11.8 Å². The molecule has 1 aromatic heterocycles. The lowest BCUT2D eigenvalue weighted by Crippen LogP contribution is -2.23. The molecule has 0 radical (unpaired) electrons. The zero-order chi connectivity index (χ0) is 13.0. The first-order chi connectivity index (χ1) is 8.66. The Bertz CT molecular complexity index is 564. The van der Waals surface area contributed by atoms with E-state index in [0.29, 0.717) is 0 Å². The Labute approximate surface area is 111 Å². The Morgan fingerprint density at radius 1 is 1.28 bits per heavy atom. The molecule has 0 aliphatic rings. The van der Waals surface area contributed by atoms with Crippen molar-refractivity contribution < 1.29 is 0 Å². The Kier molecular flexibility index (Phi) is 4.20. The number of hydrogen-bond acceptors (Lipinski definition) is 3. The van der Waals surface area contributed by atoms with Gasteiger partial charge >= 0.3 is 5.69 Å². The van der Waals surface area contributed by atoms with Gasteiger partial charge in [0.2, 0.25) is 0 Å². The van der Waals surface area contributed by atoms with E-state index in [-0.39, 0.29) is 11.7 Å². The van der Waals surface area contributed by atoms with Crippen LogP contribution in [0.4, 0.5) is 0 Å². The van der Waals surface area contributed by atoms with Gasteiger partial charge in [-0.15, -0.1) is 11.8 Å². The van der Waals surface area contributed by atoms with Gasteiger partial charge in [0.1, 0.15) is 0 Å². The van der Waals surface area contributed by atoms with Crippen LogP contribution >= 0.6 is 11.8 Å². The van der Waals surface area contributed by atoms with E-state index in [4.69, 9.17) is 0 Å². The van der Waals surface area contributed by atoms with Gasteiger partial charge in [-0.25, -0.2) is 9.78 Å². The molecule has 0 atom stereocenters. The minimum atomic E-state index is -0.186. The maximum absolute atomic E-state index is 11.5. The molecule has 0 bridgehead atoms. The van der Waals surface area contributed by atoms with Crippen molar-refractivity contribution in [3.05, 3.63) is 58.8 Å². The van der Waals surface area contributed by atoms with Crippen molar-refractivity contribution in [2.45, 2.75) is 30.5 Å². The summed E-state index contributed by atoms with van der Waals surface area (Å²) in [6.07, 6.45) is 3.53. The zero-order valence-corrected chi connectivity index (χ0v) is 11.4. The Morgan fingerprint density at radius 3 is 2.67 bits per heavy atom. The van der Waals surface area contributed by atoms with E-state index in [9.17, 15) is 4.79 Å². The summed E-state index contributed by atoms with van der Waals surface area (Å²) < 4.78 is 1.66. The number of nitrogens with zero attached hydrogens (tertiary/aromatic N) is 2. The molecule has 0 aliphatic heterocycles. The topological polar surface area (TPSA) is 34.9 Å². The molecule has 1 aromatic carbocycles. The summed E-state index contributed by atoms with van der Waals surface area (Å²) in [5.41, 5.74) is 1.08. The molecule has 0 spiro atoms. The lowest BCUT2D eigenvalue weighted by Gasteiger charge is -2.10. The van der Waals surface area contributed by atoms with E-state index in [1.807, 2.05) is 38.2 Å². The van der Waals surface area contributed by atoms with Crippen LogP contribution in [0.2, 0.25) is 0 Å². The van der Waals surface area contributed by atoms with Gasteiger partial charge in [0.15, 0.2) is 0 Å². The minimum absolute atomic E-state index is 0.141. The van der Waals surface area contributed by atoms with Crippen molar-refractivity contribution in [2.24, 2.45) is 0 Å². The highest BCUT2D eigenvalue weighted by Gasteiger charge is 2.04. The fourth-order valence-corrected chi connectivity index (χ4v) is 2.44. The van der Waals surface area contributed by atoms with Crippen LogP contribution in [0.3, 0.4) is 0 Å². The fraction of sp³-hybridized carbons (Fsp3) is 0.286. The molecule has 1 heterocycles. The summed E-state index contributed by atoms with van der Waals surface area (Å²) in [6.45, 7) is 3.96. The Balaban J connectivity index is 2.11. The molecule has 0 N–H and O–H groups in total. The summed E-state index contributed by atoms with van der Waals surface area (Å²) in [4.78, 5) is 16.4. The zero-order valence-electron chi connectivity index (χ0n) is 10.5. The quantitative estimate of drug-likeness (QED) is 0.792. The maximum atomic E-state index is 11.5. The van der Waals surface area contributed by atoms with Gasteiger partial charge in [-0.3, -0.25) is 4.57 Å². The second-order valence-electron chi connectivity index (χ2n) is 4.35. The Hall–Kier alpha value is -1.55. The van der Waals surface area contributed by atoms with Gasteiger partial charge in [-0.2, -0.15) is 0 Å². The second kappa shape index (κ2) is 5.87. The summed E-state index contributed by atoms with van der Waals surface area (Å²) in [5.74, 6) is 0.888. The number of rotatable bonds is 4. The van der Waals surface area contributed by atoms with E-state index >= 15 is 0 Å². The number of hydrogen-bond donors (Lipinski definition) is 0. The van der Waals surface area contributed by atoms with Crippen molar-refractivity contribution in [1.29, 1.82) is 0 Å². The van der Waals surface area contributed by atoms with Gasteiger partial charge in [0.05, 0.1) is 0 Å². The highest BCUT2D eigenvalue weighted by molar-refractivity contribution is 7.98. The molecule has 18 heavy (non-hydrogen) atoms. The molecule has 2 aromatic rings. The van der Waals surface area contributed by atoms with Gasteiger partial charge in [-0.05, 0) is 19.4 Å². The van der Waals surface area contributed by atoms with Crippen LogP contribution in [-0.4, -0.2) is 9.55 Å². The predicted molar refractivity (Wildman–Crippen MR) is 74.9 cm³/mol. The number of aromatic nitrogens is 2. The fourth-order valence-electron chi connectivity index (χ4n) is 1.60. The van der Waals surface area contributed by atoms with E-state index in [2.05, 4.69) is 17.1 Å². The molecule has 0 aliphatic carbocycles. The van der Waals surface area contributed by atoms with Crippen molar-refractivity contribution in [2.75, 3.05) is 0 Å². The van der Waals surface area contributed by atoms with Crippen LogP contribution < -0.4 is 5.69 Å². The first-order valence-electron chi connectivity index (χ1n) is 5.92. The highest BCUT2D eigenvalue weighted by Crippen LogP contribution is 2.21. The van der Waals surface area contributed by atoms with Crippen LogP contribution in [0.25, 0.3) is 0 Å². The van der Waals surface area contributed by atoms with E-state index < -0.39 is 0 Å². The summed E-state index contributed by atoms with van der Waals surface area (Å²) in [7, 11) is 0. The smallest absolute Gasteiger partial charge is 0.296 e. The van der Waals surface area contributed by atoms with Gasteiger partial charge < -0.3 is 0 Å². The lowest BCUT2D eigenvalue weighted by atomic mass is 10.2. The second-order valence-corrected chi connectivity index (χ2v) is 5.40. The van der Waals surface area contributed by atoms with Crippen LogP contribution in [0, 0.1) is 0 Å². The molecular formula is C14H16N2OS. The summed E-state index contributed by atoms with van der Waals surface area (Å²) >= 11 is 1.69. The third-order valence-electron chi connectivity index (χ3n) is 2.59. The van der Waals surface area contributed by atoms with Crippen molar-refractivity contribution in [1.82, 2.24) is 9.55 Å².